The molecule has 0 bridgehead atoms. The van der Waals surface area contributed by atoms with Crippen molar-refractivity contribution in [3.05, 3.63) is 0 Å². The molecule has 4 radical (unpaired) electrons. The van der Waals surface area contributed by atoms with Gasteiger partial charge in [0.15, 0.2) is 0 Å². The zero-order valence-electron chi connectivity index (χ0n) is 2.62. The minimum absolute atomic E-state index is 0.364. The molecular formula is GeS3Sb2. The molecule has 0 aliphatic carbocycles. The van der Waals surface area contributed by atoms with E-state index in [0.29, 0.717) is 50.8 Å². The first-order valence-electron chi connectivity index (χ1n) is 1.14. The first kappa shape index (κ1) is 7.34. The standard InChI is InChI=1S/GeS2.S.2Sb/c2-1-3;;;/q-2;;2*+1. The van der Waals surface area contributed by atoms with Crippen LogP contribution in [0.2, 0.25) is 0 Å². The van der Waals surface area contributed by atoms with Crippen LogP contribution in [0, 0.1) is 0 Å². The van der Waals surface area contributed by atoms with Gasteiger partial charge in [0, 0.05) is 0 Å². The Morgan fingerprint density at radius 3 is 2.00 bits per heavy atom. The van der Waals surface area contributed by atoms with E-state index in [4.69, 9.17) is 0 Å². The summed E-state index contributed by atoms with van der Waals surface area (Å²) in [4.78, 5) is 0. The fraction of sp³-hybridized carbons (Fsp3) is 0. The fourth-order valence-electron chi connectivity index (χ4n) is 0.0940. The summed E-state index contributed by atoms with van der Waals surface area (Å²) in [6.07, 6.45) is 0. The van der Waals surface area contributed by atoms with Gasteiger partial charge in [-0.25, -0.2) is 0 Å². The molecule has 0 saturated carbocycles. The third kappa shape index (κ3) is 3.29. The molecule has 1 heterocycles. The normalized spacial score (nSPS) is 24.0. The Labute approximate surface area is 69.3 Å². The summed E-state index contributed by atoms with van der Waals surface area (Å²) in [5.74, 6) is 2.35. The van der Waals surface area contributed by atoms with Gasteiger partial charge in [-0.15, -0.1) is 0 Å². The van der Waals surface area contributed by atoms with Crippen LogP contribution >= 0.6 is 20.3 Å². The SMILES string of the molecule is [S]1[Ge][S][Sb][S][Sb]1. The molecule has 1 aliphatic heterocycles. The molecule has 1 saturated heterocycles. The van der Waals surface area contributed by atoms with Gasteiger partial charge in [-0.1, -0.05) is 0 Å². The van der Waals surface area contributed by atoms with E-state index < -0.39 is 0 Å². The molecule has 0 N–H and O–H groups in total. The Morgan fingerprint density at radius 2 is 1.83 bits per heavy atom. The average molecular weight is 412 g/mol. The molecule has 0 nitrogen and oxygen atoms in total. The monoisotopic (exact) mass is 412 g/mol. The van der Waals surface area contributed by atoms with Crippen molar-refractivity contribution in [3.63, 3.8) is 0 Å². The molecule has 0 aromatic heterocycles. The van der Waals surface area contributed by atoms with Gasteiger partial charge in [-0.2, -0.15) is 0 Å². The van der Waals surface area contributed by atoms with E-state index in [9.17, 15) is 0 Å². The van der Waals surface area contributed by atoms with Crippen LogP contribution in [-0.4, -0.2) is 50.8 Å². The summed E-state index contributed by atoms with van der Waals surface area (Å²) in [6, 6.07) is 0. The van der Waals surface area contributed by atoms with Crippen LogP contribution in [-0.2, 0) is 0 Å². The third-order valence-corrected chi connectivity index (χ3v) is 73.8. The van der Waals surface area contributed by atoms with Crippen LogP contribution in [0.3, 0.4) is 0 Å². The summed E-state index contributed by atoms with van der Waals surface area (Å²) in [5, 5.41) is 0. The predicted octanol–water partition coefficient (Wildman–Crippen LogP) is 0.802. The van der Waals surface area contributed by atoms with Crippen molar-refractivity contribution in [2.75, 3.05) is 0 Å². The van der Waals surface area contributed by atoms with Crippen molar-refractivity contribution in [3.8, 4) is 0 Å². The molecule has 0 atom stereocenters. The molecule has 0 aromatic carbocycles. The molecule has 0 spiro atoms. The molecule has 0 unspecified atom stereocenters. The molecule has 1 aliphatic rings. The number of hydrogen-bond donors (Lipinski definition) is 0. The molecule has 0 aromatic rings. The van der Waals surface area contributed by atoms with Crippen molar-refractivity contribution < 1.29 is 0 Å². The van der Waals surface area contributed by atoms with Crippen LogP contribution in [0.15, 0.2) is 0 Å². The number of rotatable bonds is 0. The zero-order valence-corrected chi connectivity index (χ0v) is 12.3. The predicted molar refractivity (Wildman–Crippen MR) is 40.0 cm³/mol. The molecule has 6 heteroatoms. The van der Waals surface area contributed by atoms with E-state index in [1.54, 1.807) is 0 Å². The molecule has 1 rings (SSSR count). The number of hydrogen-bond acceptors (Lipinski definition) is 3. The van der Waals surface area contributed by atoms with E-state index in [-0.39, 0.29) is 0 Å². The summed E-state index contributed by atoms with van der Waals surface area (Å²) >= 11 is 1.28. The van der Waals surface area contributed by atoms with Gasteiger partial charge >= 0.3 is 71.1 Å². The first-order chi connectivity index (χ1) is 3.00. The Morgan fingerprint density at radius 1 is 1.17 bits per heavy atom. The summed E-state index contributed by atoms with van der Waals surface area (Å²) < 4.78 is 0. The molecule has 6 heavy (non-hydrogen) atoms. The zero-order chi connectivity index (χ0) is 4.24. The van der Waals surface area contributed by atoms with E-state index in [1.807, 2.05) is 0 Å². The van der Waals surface area contributed by atoms with Gasteiger partial charge < -0.3 is 0 Å². The molecular weight excluding hydrogens is 412 g/mol. The van der Waals surface area contributed by atoms with Gasteiger partial charge in [0.05, 0.1) is 0 Å². The van der Waals surface area contributed by atoms with Crippen LogP contribution in [0.4, 0.5) is 0 Å². The minimum atomic E-state index is 0.364. The Kier molecular flexibility index (Phi) is 6.17. The topological polar surface area (TPSA) is 0 Å². The molecule has 1 fully saturated rings. The van der Waals surface area contributed by atoms with Gasteiger partial charge in [0.25, 0.3) is 0 Å². The second-order valence-corrected chi connectivity index (χ2v) is 43.0. The first-order valence-corrected chi connectivity index (χ1v) is 21.1. The van der Waals surface area contributed by atoms with Gasteiger partial charge in [-0.3, -0.25) is 0 Å². The summed E-state index contributed by atoms with van der Waals surface area (Å²) in [7, 11) is 4.67. The second kappa shape index (κ2) is 5.05. The third-order valence-electron chi connectivity index (χ3n) is 0.216. The van der Waals surface area contributed by atoms with Crippen molar-refractivity contribution in [2.24, 2.45) is 0 Å². The van der Waals surface area contributed by atoms with Gasteiger partial charge in [0.1, 0.15) is 0 Å². The van der Waals surface area contributed by atoms with Crippen molar-refractivity contribution in [2.45, 2.75) is 0 Å². The Bertz CT molecular complexity index is 24.3. The van der Waals surface area contributed by atoms with E-state index in [2.05, 4.69) is 20.3 Å². The van der Waals surface area contributed by atoms with E-state index >= 15 is 0 Å². The fourth-order valence-corrected chi connectivity index (χ4v) is 150. The van der Waals surface area contributed by atoms with Gasteiger partial charge in [-0.05, 0) is 0 Å². The van der Waals surface area contributed by atoms with Crippen LogP contribution in [0.25, 0.3) is 0 Å². The molecule has 0 amide bonds. The average Bonchev–Trinajstić information content (AvgIpc) is 1.72. The van der Waals surface area contributed by atoms with Gasteiger partial charge in [0.2, 0.25) is 0 Å². The summed E-state index contributed by atoms with van der Waals surface area (Å²) in [5.41, 5.74) is 0. The van der Waals surface area contributed by atoms with Crippen LogP contribution in [0.1, 0.15) is 0 Å². The quantitative estimate of drug-likeness (QED) is 0.541. The summed E-state index contributed by atoms with van der Waals surface area (Å²) in [6.45, 7) is 0. The Balaban J connectivity index is 2.00. The maximum absolute atomic E-state index is 2.35. The maximum atomic E-state index is 2.35. The Hall–Kier alpha value is 3.23. The molecule has 32 valence electrons. The van der Waals surface area contributed by atoms with Crippen LogP contribution in [0.5, 0.6) is 0 Å². The van der Waals surface area contributed by atoms with Crippen LogP contribution < -0.4 is 0 Å². The van der Waals surface area contributed by atoms with E-state index in [1.165, 1.54) is 0 Å². The second-order valence-electron chi connectivity index (χ2n) is 0.497. The van der Waals surface area contributed by atoms with Crippen molar-refractivity contribution in [1.82, 2.24) is 0 Å². The van der Waals surface area contributed by atoms with Crippen molar-refractivity contribution in [1.29, 1.82) is 0 Å². The van der Waals surface area contributed by atoms with Crippen molar-refractivity contribution >= 4 is 71.1 Å². The van der Waals surface area contributed by atoms with E-state index in [0.717, 1.165) is 0 Å².